The lowest BCUT2D eigenvalue weighted by Gasteiger charge is -2.42. The Morgan fingerprint density at radius 1 is 1.20 bits per heavy atom. The smallest absolute Gasteiger partial charge is 0.264 e. The fourth-order valence-corrected chi connectivity index (χ4v) is 9.97. The lowest BCUT2D eigenvalue weighted by Crippen LogP contribution is -2.55. The van der Waals surface area contributed by atoms with Gasteiger partial charge >= 0.3 is 0 Å². The maximum atomic E-state index is 16.7. The highest BCUT2D eigenvalue weighted by Gasteiger charge is 2.45. The number of ether oxygens (including phenoxy) is 2. The van der Waals surface area contributed by atoms with Gasteiger partial charge in [-0.2, -0.15) is 0 Å². The van der Waals surface area contributed by atoms with E-state index in [1.807, 2.05) is 24.0 Å². The van der Waals surface area contributed by atoms with Gasteiger partial charge in [-0.15, -0.1) is 0 Å². The first-order chi connectivity index (χ1) is 24.4. The van der Waals surface area contributed by atoms with Crippen LogP contribution in [0.3, 0.4) is 0 Å². The molecule has 10 nitrogen and oxygen atoms in total. The fourth-order valence-electron chi connectivity index (χ4n) is 8.41. The standard InChI is InChI=1S/C38H50ClFN4O6S/c1-4-16-42(18-19-49-3)37(46)35-32(40)13-9-26(2)23-51(47,48)41-36(45)28-10-14-34-33(21-28)43(22-30-8-6-17-44(30)35)24-38(25-50-34)15-5-7-27-20-29(39)11-12-31(27)38/h10-14,20-21,26,30,35H,4-9,15-19,22-25H2,1-3H3,(H,41,45)/b32-13-/t26-,30-,35+,38-/m0/s1. The summed E-state index contributed by atoms with van der Waals surface area (Å²) in [6.07, 6.45) is 6.42. The Morgan fingerprint density at radius 3 is 2.80 bits per heavy atom. The molecule has 0 aromatic heterocycles. The van der Waals surface area contributed by atoms with Gasteiger partial charge in [0.15, 0.2) is 0 Å². The summed E-state index contributed by atoms with van der Waals surface area (Å²) in [5.74, 6) is -1.94. The number of nitrogens with zero attached hydrogens (tertiary/aromatic N) is 3. The van der Waals surface area contributed by atoms with Gasteiger partial charge in [-0.05, 0) is 98.9 Å². The molecule has 0 radical (unpaired) electrons. The molecule has 3 aliphatic heterocycles. The van der Waals surface area contributed by atoms with Gasteiger partial charge in [0.2, 0.25) is 15.9 Å². The highest BCUT2D eigenvalue weighted by atomic mass is 35.5. The molecule has 0 saturated carbocycles. The Bertz CT molecular complexity index is 1760. The van der Waals surface area contributed by atoms with E-state index in [-0.39, 0.29) is 29.7 Å². The van der Waals surface area contributed by atoms with Crippen molar-refractivity contribution in [2.75, 3.05) is 63.7 Å². The number of halogens is 2. The van der Waals surface area contributed by atoms with Gasteiger partial charge in [-0.3, -0.25) is 14.5 Å². The monoisotopic (exact) mass is 744 g/mol. The highest BCUT2D eigenvalue weighted by Crippen LogP contribution is 2.45. The Hall–Kier alpha value is -3.19. The Morgan fingerprint density at radius 2 is 2.02 bits per heavy atom. The molecule has 3 heterocycles. The van der Waals surface area contributed by atoms with Gasteiger partial charge < -0.3 is 19.3 Å². The average Bonchev–Trinajstić information content (AvgIpc) is 3.48. The van der Waals surface area contributed by atoms with Crippen molar-refractivity contribution in [3.05, 3.63) is 70.0 Å². The van der Waals surface area contributed by atoms with E-state index < -0.39 is 39.1 Å². The molecular weight excluding hydrogens is 695 g/mol. The van der Waals surface area contributed by atoms with Crippen LogP contribution in [0.2, 0.25) is 5.02 Å². The van der Waals surface area contributed by atoms with Crippen molar-refractivity contribution >= 4 is 39.1 Å². The lowest BCUT2D eigenvalue weighted by molar-refractivity contribution is -0.137. The van der Waals surface area contributed by atoms with Crippen LogP contribution in [0.5, 0.6) is 5.75 Å². The molecule has 1 spiro atoms. The molecule has 1 fully saturated rings. The van der Waals surface area contributed by atoms with Crippen LogP contribution in [0.1, 0.15) is 73.9 Å². The molecule has 4 aliphatic rings. The average molecular weight is 745 g/mol. The van der Waals surface area contributed by atoms with E-state index in [1.165, 1.54) is 17.2 Å². The minimum Gasteiger partial charge on any atom is -0.490 e. The Balaban J connectivity index is 1.46. The molecule has 0 unspecified atom stereocenters. The first-order valence-corrected chi connectivity index (χ1v) is 20.2. The van der Waals surface area contributed by atoms with Crippen LogP contribution in [-0.4, -0.2) is 101 Å². The molecule has 1 saturated heterocycles. The Kier molecular flexibility index (Phi) is 11.6. The van der Waals surface area contributed by atoms with Crippen molar-refractivity contribution in [2.45, 2.75) is 76.3 Å². The molecule has 2 bridgehead atoms. The van der Waals surface area contributed by atoms with Gasteiger partial charge in [0, 0.05) is 55.3 Å². The number of methoxy groups -OCH3 is 1. The van der Waals surface area contributed by atoms with Crippen LogP contribution < -0.4 is 14.4 Å². The van der Waals surface area contributed by atoms with Gasteiger partial charge in [0.1, 0.15) is 17.6 Å². The molecule has 4 atom stereocenters. The Labute approximate surface area is 306 Å². The molecule has 1 aliphatic carbocycles. The number of carbonyl (C=O) groups is 2. The molecule has 2 amide bonds. The number of amides is 2. The van der Waals surface area contributed by atoms with Crippen LogP contribution in [-0.2, 0) is 31.4 Å². The van der Waals surface area contributed by atoms with E-state index in [4.69, 9.17) is 21.1 Å². The molecule has 13 heteroatoms. The fraction of sp³-hybridized carbons (Fsp3) is 0.579. The zero-order valence-corrected chi connectivity index (χ0v) is 31.4. The second kappa shape index (κ2) is 15.8. The van der Waals surface area contributed by atoms with Crippen LogP contribution in [0.4, 0.5) is 10.1 Å². The quantitative estimate of drug-likeness (QED) is 0.415. The van der Waals surface area contributed by atoms with Gasteiger partial charge in [0.05, 0.1) is 24.7 Å². The third-order valence-electron chi connectivity index (χ3n) is 10.8. The highest BCUT2D eigenvalue weighted by molar-refractivity contribution is 7.90. The summed E-state index contributed by atoms with van der Waals surface area (Å²) in [7, 11) is -2.48. The third-order valence-corrected chi connectivity index (χ3v) is 12.6. The van der Waals surface area contributed by atoms with Gasteiger partial charge in [0.25, 0.3) is 5.91 Å². The summed E-state index contributed by atoms with van der Waals surface area (Å²) < 4.78 is 57.1. The minimum atomic E-state index is -4.06. The number of nitrogens with one attached hydrogen (secondary N) is 1. The molecule has 2 aromatic carbocycles. The maximum absolute atomic E-state index is 16.7. The van der Waals surface area contributed by atoms with Crippen molar-refractivity contribution in [3.8, 4) is 5.75 Å². The van der Waals surface area contributed by atoms with Crippen LogP contribution in [0.25, 0.3) is 0 Å². The van der Waals surface area contributed by atoms with Crippen LogP contribution in [0.15, 0.2) is 48.3 Å². The number of fused-ring (bicyclic) bond motifs is 4. The second-order valence-electron chi connectivity index (χ2n) is 14.7. The topological polar surface area (TPSA) is 108 Å². The largest absolute Gasteiger partial charge is 0.490 e. The zero-order chi connectivity index (χ0) is 36.3. The number of sulfonamides is 1. The van der Waals surface area contributed by atoms with E-state index in [0.717, 1.165) is 32.1 Å². The number of carbonyl (C=O) groups excluding carboxylic acids is 2. The van der Waals surface area contributed by atoms with Crippen molar-refractivity contribution in [1.82, 2.24) is 14.5 Å². The normalized spacial score (nSPS) is 27.7. The molecule has 1 N–H and O–H groups in total. The summed E-state index contributed by atoms with van der Waals surface area (Å²) in [6.45, 7) is 6.74. The second-order valence-corrected chi connectivity index (χ2v) is 16.9. The number of anilines is 1. The minimum absolute atomic E-state index is 0.0866. The zero-order valence-electron chi connectivity index (χ0n) is 29.8. The number of aryl methyl sites for hydroxylation is 1. The predicted molar refractivity (Wildman–Crippen MR) is 197 cm³/mol. The number of hydrogen-bond acceptors (Lipinski definition) is 8. The summed E-state index contributed by atoms with van der Waals surface area (Å²) in [5, 5.41) is 0.684. The molecule has 2 aromatic rings. The lowest BCUT2D eigenvalue weighted by atomic mass is 9.70. The number of hydrogen-bond donors (Lipinski definition) is 1. The van der Waals surface area contributed by atoms with E-state index in [1.54, 1.807) is 37.1 Å². The molecular formula is C38H50ClFN4O6S. The first-order valence-electron chi connectivity index (χ1n) is 18.2. The van der Waals surface area contributed by atoms with Crippen molar-refractivity contribution in [1.29, 1.82) is 0 Å². The van der Waals surface area contributed by atoms with E-state index in [9.17, 15) is 18.0 Å². The van der Waals surface area contributed by atoms with E-state index in [0.29, 0.717) is 68.8 Å². The van der Waals surface area contributed by atoms with Crippen molar-refractivity contribution in [2.24, 2.45) is 5.92 Å². The molecule has 51 heavy (non-hydrogen) atoms. The summed E-state index contributed by atoms with van der Waals surface area (Å²) in [5.41, 5.74) is 2.83. The summed E-state index contributed by atoms with van der Waals surface area (Å²) >= 11 is 6.44. The van der Waals surface area contributed by atoms with E-state index in [2.05, 4.69) is 15.7 Å². The third kappa shape index (κ3) is 8.24. The maximum Gasteiger partial charge on any atom is 0.264 e. The number of benzene rings is 2. The van der Waals surface area contributed by atoms with Crippen LogP contribution >= 0.6 is 11.6 Å². The van der Waals surface area contributed by atoms with Gasteiger partial charge in [-0.1, -0.05) is 37.6 Å². The van der Waals surface area contributed by atoms with Crippen molar-refractivity contribution < 1.29 is 31.9 Å². The van der Waals surface area contributed by atoms with Gasteiger partial charge in [-0.25, -0.2) is 17.5 Å². The predicted octanol–water partition coefficient (Wildman–Crippen LogP) is 5.48. The molecule has 6 rings (SSSR count). The SMILES string of the molecule is CCCN(CCOC)C(=O)[C@H]1/C(F)=C/C[C@H](C)CS(=O)(=O)NC(=O)c2ccc3c(c2)N(C[C@@H]2CCCN21)C[C@@]1(CCCc2cc(Cl)ccc21)CO3. The number of rotatable bonds is 6. The number of allylic oxidation sites excluding steroid dienone is 1. The first kappa shape index (κ1) is 37.6. The summed E-state index contributed by atoms with van der Waals surface area (Å²) in [4.78, 5) is 33.7. The van der Waals surface area contributed by atoms with Crippen molar-refractivity contribution in [3.63, 3.8) is 0 Å². The molecule has 278 valence electrons. The van der Waals surface area contributed by atoms with E-state index >= 15 is 4.39 Å². The summed E-state index contributed by atoms with van der Waals surface area (Å²) in [6, 6.07) is 9.73. The van der Waals surface area contributed by atoms with Crippen LogP contribution in [0, 0.1) is 5.92 Å².